The fraction of sp³-hybridized carbons (Fsp3) is 0.925. The van der Waals surface area contributed by atoms with Crippen molar-refractivity contribution in [3.63, 3.8) is 0 Å². The van der Waals surface area contributed by atoms with Crippen LogP contribution >= 0.6 is 15.6 Å². The van der Waals surface area contributed by atoms with Crippen molar-refractivity contribution in [2.75, 3.05) is 52.9 Å². The Hall–Kier alpha value is -1.04. The Bertz CT molecular complexity index is 2100. The molecule has 0 aromatic carbocycles. The summed E-state index contributed by atoms with van der Waals surface area (Å²) in [6.07, 6.45) is 46.7. The molecule has 26 heteroatoms. The second-order valence-corrected chi connectivity index (χ2v) is 31.5. The molecule has 0 aliphatic rings. The van der Waals surface area contributed by atoms with Crippen LogP contribution in [0.4, 0.5) is 0 Å². The predicted molar refractivity (Wildman–Crippen MR) is 411 cm³/mol. The number of aliphatic hydroxyl groups is 2. The molecule has 0 saturated carbocycles. The molecule has 0 radical (unpaired) electrons. The molecule has 0 aromatic rings. The van der Waals surface area contributed by atoms with E-state index in [2.05, 4.69) is 32.2 Å². The quantitative estimate of drug-likeness (QED) is 0.0188. The third-order valence-corrected chi connectivity index (χ3v) is 19.0. The van der Waals surface area contributed by atoms with Gasteiger partial charge in [-0.05, 0) is 37.5 Å². The average Bonchev–Trinajstić information content (AvgIpc) is 0.899. The van der Waals surface area contributed by atoms with Gasteiger partial charge in [0.05, 0.1) is 33.0 Å². The summed E-state index contributed by atoms with van der Waals surface area (Å²) in [5.41, 5.74) is 0. The maximum atomic E-state index is 12.8. The Labute approximate surface area is 690 Å². The van der Waals surface area contributed by atoms with Crippen LogP contribution in [0.3, 0.4) is 0 Å². The molecule has 2 N–H and O–H groups in total. The standard InChI is InChI=1S/C44H83O12P.C34H67O10P.2CH4.2Na/c1-7-9-11-13-15-17-19-21-23-25-27-29-41(45)51-33-39(55-42(46)30-28-26-24-22-20-18-16-14-12-10-8-2)35-53-57(49,50)54-36-40(56-44(48)32-38(5)6)34-52-43(47)31-37(3)4;1-3-5-7-9-11-13-15-17-19-21-23-25-33(37)41-29-32(30-43-45(39,40)42-28-31(36)27-35)44-34(38)26-24-22-20-18-16-14-12-10-8-6-4-2;;;;/h37-40H,7-36H2,1-6H3,(H,49,50);31-32,35-36H,3-30H2,1-2H3,(H,39,40);2*1H4;;/q;;;;2*+1/p-2/t39-,40?;31?,32-;;;;/m11..../s1. The van der Waals surface area contributed by atoms with Crippen molar-refractivity contribution in [1.82, 2.24) is 0 Å². The second-order valence-electron chi connectivity index (χ2n) is 28.6. The Morgan fingerprint density at radius 1 is 0.302 bits per heavy atom. The van der Waals surface area contributed by atoms with Gasteiger partial charge in [-0.2, -0.15) is 0 Å². The van der Waals surface area contributed by atoms with Crippen LogP contribution in [0.25, 0.3) is 0 Å². The van der Waals surface area contributed by atoms with E-state index in [0.717, 1.165) is 77.0 Å². The third kappa shape index (κ3) is 85.4. The van der Waals surface area contributed by atoms with Crippen LogP contribution in [0, 0.1) is 11.8 Å². The van der Waals surface area contributed by atoms with Gasteiger partial charge in [0, 0.05) is 38.5 Å². The van der Waals surface area contributed by atoms with Crippen molar-refractivity contribution in [3.8, 4) is 0 Å². The Morgan fingerprint density at radius 2 is 0.500 bits per heavy atom. The number of ether oxygens (including phenoxy) is 6. The minimum Gasteiger partial charge on any atom is -0.756 e. The zero-order chi connectivity index (χ0) is 76.0. The van der Waals surface area contributed by atoms with Gasteiger partial charge in [0.1, 0.15) is 25.9 Å². The first-order chi connectivity index (χ1) is 49.0. The second kappa shape index (κ2) is 83.4. The molecule has 0 aliphatic heterocycles. The smallest absolute Gasteiger partial charge is 0.756 e. The first-order valence-corrected chi connectivity index (χ1v) is 43.5. The molecule has 22 nitrogen and oxygen atoms in total. The number of rotatable bonds is 74. The van der Waals surface area contributed by atoms with Gasteiger partial charge in [0.2, 0.25) is 0 Å². The zero-order valence-electron chi connectivity index (χ0n) is 67.4. The average molecular weight is 1580 g/mol. The molecule has 620 valence electrons. The molecule has 0 rings (SSSR count). The molecule has 6 atom stereocenters. The summed E-state index contributed by atoms with van der Waals surface area (Å²) in [4.78, 5) is 99.4. The van der Waals surface area contributed by atoms with Gasteiger partial charge in [0.25, 0.3) is 15.6 Å². The van der Waals surface area contributed by atoms with Gasteiger partial charge < -0.3 is 66.5 Å². The Morgan fingerprint density at radius 3 is 0.736 bits per heavy atom. The van der Waals surface area contributed by atoms with Crippen LogP contribution in [-0.2, 0) is 84.4 Å². The van der Waals surface area contributed by atoms with Gasteiger partial charge in [-0.15, -0.1) is 0 Å². The van der Waals surface area contributed by atoms with Crippen LogP contribution in [0.1, 0.15) is 391 Å². The normalized spacial score (nSPS) is 13.3. The fourth-order valence-corrected chi connectivity index (χ4v) is 12.6. The van der Waals surface area contributed by atoms with E-state index in [0.29, 0.717) is 25.7 Å². The molecular formula is C80H156Na2O22P2. The molecule has 0 fully saturated rings. The molecule has 0 amide bonds. The summed E-state index contributed by atoms with van der Waals surface area (Å²) < 4.78 is 76.5. The third-order valence-electron chi connectivity index (χ3n) is 17.2. The molecule has 0 saturated heterocycles. The van der Waals surface area contributed by atoms with Crippen molar-refractivity contribution >= 4 is 51.5 Å². The number of unbranched alkanes of at least 4 members (excludes halogenated alkanes) is 40. The molecular weight excluding hydrogens is 1420 g/mol. The summed E-state index contributed by atoms with van der Waals surface area (Å²) in [6.45, 7) is 11.9. The first kappa shape index (κ1) is 116. The summed E-state index contributed by atoms with van der Waals surface area (Å²) in [5, 5.41) is 18.2. The summed E-state index contributed by atoms with van der Waals surface area (Å²) in [6, 6.07) is 0. The maximum Gasteiger partial charge on any atom is 1.00 e. The van der Waals surface area contributed by atoms with Gasteiger partial charge in [-0.3, -0.25) is 37.9 Å². The van der Waals surface area contributed by atoms with Crippen LogP contribution in [0.5, 0.6) is 0 Å². The molecule has 0 heterocycles. The number of phosphoric ester groups is 2. The number of hydrogen-bond acceptors (Lipinski definition) is 22. The van der Waals surface area contributed by atoms with E-state index in [1.54, 1.807) is 0 Å². The van der Waals surface area contributed by atoms with E-state index < -0.39 is 116 Å². The first-order valence-electron chi connectivity index (χ1n) is 40.6. The number of carbonyl (C=O) groups is 6. The Kier molecular flexibility index (Phi) is 91.1. The summed E-state index contributed by atoms with van der Waals surface area (Å²) in [5.74, 6) is -3.05. The number of phosphoric acid groups is 2. The van der Waals surface area contributed by atoms with Gasteiger partial charge in [0.15, 0.2) is 18.3 Å². The van der Waals surface area contributed by atoms with E-state index in [-0.39, 0.29) is 138 Å². The van der Waals surface area contributed by atoms with Crippen LogP contribution in [-0.4, -0.2) is 123 Å². The van der Waals surface area contributed by atoms with Gasteiger partial charge in [-0.1, -0.05) is 327 Å². The van der Waals surface area contributed by atoms with Crippen molar-refractivity contribution in [1.29, 1.82) is 0 Å². The SMILES string of the molecule is C.C.CCCCCCCCCCCCCC(=O)OC[C@H](COP(=O)([O-])OCC(COC(=O)CC(C)C)OC(=O)CC(C)C)OC(=O)CCCCCCCCCCCCC.CCCCCCCCCCCCCC(=O)OC[C@H](COP(=O)([O-])OCC(O)CO)OC(=O)CCCCCCCCCCCCC.[Na+].[Na+]. The van der Waals surface area contributed by atoms with E-state index in [9.17, 15) is 52.8 Å². The monoisotopic (exact) mass is 1580 g/mol. The fourth-order valence-electron chi connectivity index (χ4n) is 11.1. The van der Waals surface area contributed by atoms with E-state index in [4.69, 9.17) is 47.1 Å². The minimum absolute atomic E-state index is 0. The van der Waals surface area contributed by atoms with Crippen LogP contribution in [0.2, 0.25) is 0 Å². The molecule has 0 bridgehead atoms. The Balaban J connectivity index is -0.000000466. The number of hydrogen-bond donors (Lipinski definition) is 2. The van der Waals surface area contributed by atoms with E-state index in [1.165, 1.54) is 180 Å². The van der Waals surface area contributed by atoms with Gasteiger partial charge >= 0.3 is 94.9 Å². The van der Waals surface area contributed by atoms with Crippen molar-refractivity contribution in [2.24, 2.45) is 11.8 Å². The van der Waals surface area contributed by atoms with Crippen LogP contribution < -0.4 is 68.9 Å². The molecule has 0 spiro atoms. The molecule has 0 aromatic heterocycles. The number of carbonyl (C=O) groups excluding carboxylic acids is 6. The largest absolute Gasteiger partial charge is 1.00 e. The van der Waals surface area contributed by atoms with E-state index >= 15 is 0 Å². The zero-order valence-corrected chi connectivity index (χ0v) is 73.2. The molecule has 0 aliphatic carbocycles. The topological polar surface area (TPSA) is 315 Å². The number of aliphatic hydroxyl groups excluding tert-OH is 2. The van der Waals surface area contributed by atoms with Crippen molar-refractivity contribution in [3.05, 3.63) is 0 Å². The molecule has 106 heavy (non-hydrogen) atoms. The number of esters is 6. The van der Waals surface area contributed by atoms with Crippen molar-refractivity contribution < 1.29 is 164 Å². The minimum atomic E-state index is -5.03. The summed E-state index contributed by atoms with van der Waals surface area (Å²) in [7, 11) is -9.88. The summed E-state index contributed by atoms with van der Waals surface area (Å²) >= 11 is 0. The van der Waals surface area contributed by atoms with Crippen LogP contribution in [0.15, 0.2) is 0 Å². The van der Waals surface area contributed by atoms with Gasteiger partial charge in [-0.25, -0.2) is 0 Å². The maximum absolute atomic E-state index is 12.8. The predicted octanol–water partition coefficient (Wildman–Crippen LogP) is 13.9. The molecule has 4 unspecified atom stereocenters. The van der Waals surface area contributed by atoms with E-state index in [1.807, 2.05) is 27.7 Å². The van der Waals surface area contributed by atoms with Crippen molar-refractivity contribution in [2.45, 2.75) is 416 Å².